The van der Waals surface area contributed by atoms with Gasteiger partial charge in [0.05, 0.1) is 6.54 Å². The molecule has 1 atom stereocenters. The first-order chi connectivity index (χ1) is 9.60. The molecular formula is C13H16Cl2N4O2. The van der Waals surface area contributed by atoms with Crippen LogP contribution < -0.4 is 10.6 Å². The minimum Gasteiger partial charge on any atom is -0.341 e. The summed E-state index contributed by atoms with van der Waals surface area (Å²) >= 11 is 5.87. The number of benzene rings is 1. The molecule has 0 aliphatic heterocycles. The van der Waals surface area contributed by atoms with Crippen LogP contribution in [-0.4, -0.2) is 29.6 Å². The van der Waals surface area contributed by atoms with E-state index < -0.39 is 6.04 Å². The van der Waals surface area contributed by atoms with Gasteiger partial charge in [-0.1, -0.05) is 28.9 Å². The Morgan fingerprint density at radius 3 is 2.57 bits per heavy atom. The van der Waals surface area contributed by atoms with E-state index in [4.69, 9.17) is 16.1 Å². The van der Waals surface area contributed by atoms with E-state index in [1.165, 1.54) is 0 Å². The molecule has 1 amide bonds. The molecule has 8 heteroatoms. The Balaban J connectivity index is 0.00000220. The molecule has 21 heavy (non-hydrogen) atoms. The lowest BCUT2D eigenvalue weighted by molar-refractivity contribution is -0.120. The van der Waals surface area contributed by atoms with Crippen LogP contribution in [-0.2, 0) is 4.79 Å². The van der Waals surface area contributed by atoms with Crippen LogP contribution in [0.4, 0.5) is 0 Å². The summed E-state index contributed by atoms with van der Waals surface area (Å²) < 4.78 is 4.98. The van der Waals surface area contributed by atoms with Gasteiger partial charge in [0.25, 0.3) is 0 Å². The van der Waals surface area contributed by atoms with Crippen molar-refractivity contribution < 1.29 is 9.32 Å². The molecule has 0 fully saturated rings. The Labute approximate surface area is 133 Å². The third-order valence-corrected chi connectivity index (χ3v) is 2.90. The third kappa shape index (κ3) is 4.70. The van der Waals surface area contributed by atoms with Crippen LogP contribution in [0.5, 0.6) is 0 Å². The number of hydrogen-bond donors (Lipinski definition) is 2. The summed E-state index contributed by atoms with van der Waals surface area (Å²) in [5, 5.41) is 10.1. The van der Waals surface area contributed by atoms with Gasteiger partial charge in [0, 0.05) is 11.9 Å². The first-order valence-corrected chi connectivity index (χ1v) is 6.47. The summed E-state index contributed by atoms with van der Waals surface area (Å²) in [6.07, 6.45) is 0. The van der Waals surface area contributed by atoms with Crippen molar-refractivity contribution in [3.8, 4) is 0 Å². The Kier molecular flexibility index (Phi) is 6.61. The third-order valence-electron chi connectivity index (χ3n) is 2.65. The lowest BCUT2D eigenvalue weighted by Gasteiger charge is -2.15. The predicted molar refractivity (Wildman–Crippen MR) is 81.6 cm³/mol. The fraction of sp³-hybridized carbons (Fsp3) is 0.308. The lowest BCUT2D eigenvalue weighted by atomic mass is 10.1. The molecule has 114 valence electrons. The molecule has 6 nitrogen and oxygen atoms in total. The molecule has 0 aliphatic rings. The number of nitrogens with one attached hydrogen (secondary N) is 2. The van der Waals surface area contributed by atoms with E-state index >= 15 is 0 Å². The van der Waals surface area contributed by atoms with Gasteiger partial charge in [0.15, 0.2) is 5.82 Å². The van der Waals surface area contributed by atoms with E-state index in [-0.39, 0.29) is 24.9 Å². The van der Waals surface area contributed by atoms with Crippen molar-refractivity contribution in [3.05, 3.63) is 46.6 Å². The molecule has 2 N–H and O–H groups in total. The van der Waals surface area contributed by atoms with Gasteiger partial charge in [-0.25, -0.2) is 0 Å². The van der Waals surface area contributed by atoms with Crippen LogP contribution in [0.3, 0.4) is 0 Å². The van der Waals surface area contributed by atoms with Gasteiger partial charge in [-0.05, 0) is 24.7 Å². The zero-order chi connectivity index (χ0) is 14.5. The van der Waals surface area contributed by atoms with E-state index in [9.17, 15) is 4.79 Å². The van der Waals surface area contributed by atoms with Crippen LogP contribution >= 0.6 is 24.0 Å². The number of halogens is 2. The SMILES string of the molecule is CNCC(=O)NC(c1ccc(Cl)cc1)c1noc(C)n1.Cl. The number of hydrogen-bond acceptors (Lipinski definition) is 5. The van der Waals surface area contributed by atoms with Crippen LogP contribution in [0.1, 0.15) is 23.3 Å². The summed E-state index contributed by atoms with van der Waals surface area (Å²) in [6, 6.07) is 6.67. The van der Waals surface area contributed by atoms with Gasteiger partial charge in [-0.15, -0.1) is 12.4 Å². The number of aromatic nitrogens is 2. The van der Waals surface area contributed by atoms with Gasteiger partial charge in [-0.3, -0.25) is 4.79 Å². The maximum Gasteiger partial charge on any atom is 0.234 e. The summed E-state index contributed by atoms with van der Waals surface area (Å²) in [5.74, 6) is 0.700. The molecule has 0 radical (unpaired) electrons. The van der Waals surface area contributed by atoms with E-state index in [2.05, 4.69) is 20.8 Å². The van der Waals surface area contributed by atoms with Crippen molar-refractivity contribution in [2.45, 2.75) is 13.0 Å². The van der Waals surface area contributed by atoms with Crippen LogP contribution in [0.15, 0.2) is 28.8 Å². The summed E-state index contributed by atoms with van der Waals surface area (Å²) in [4.78, 5) is 16.0. The average molecular weight is 331 g/mol. The highest BCUT2D eigenvalue weighted by Gasteiger charge is 2.21. The number of rotatable bonds is 5. The largest absolute Gasteiger partial charge is 0.341 e. The van der Waals surface area contributed by atoms with Crippen molar-refractivity contribution in [3.63, 3.8) is 0 Å². The summed E-state index contributed by atoms with van der Waals surface area (Å²) in [7, 11) is 1.70. The maximum absolute atomic E-state index is 11.8. The minimum atomic E-state index is -0.467. The van der Waals surface area contributed by atoms with E-state index in [0.29, 0.717) is 16.7 Å². The van der Waals surface area contributed by atoms with E-state index in [1.54, 1.807) is 26.1 Å². The molecule has 1 aromatic heterocycles. The fourth-order valence-electron chi connectivity index (χ4n) is 1.76. The molecule has 0 spiro atoms. The highest BCUT2D eigenvalue weighted by Crippen LogP contribution is 2.21. The Bertz CT molecular complexity index is 586. The molecule has 1 aromatic carbocycles. The van der Waals surface area contributed by atoms with E-state index in [1.807, 2.05) is 12.1 Å². The average Bonchev–Trinajstić information content (AvgIpc) is 2.84. The fourth-order valence-corrected chi connectivity index (χ4v) is 1.88. The maximum atomic E-state index is 11.8. The number of carbonyl (C=O) groups is 1. The predicted octanol–water partition coefficient (Wildman–Crippen LogP) is 1.88. The number of aryl methyl sites for hydroxylation is 1. The van der Waals surface area contributed by atoms with Gasteiger partial charge in [0.1, 0.15) is 6.04 Å². The summed E-state index contributed by atoms with van der Waals surface area (Å²) in [5.41, 5.74) is 0.833. The van der Waals surface area contributed by atoms with Crippen molar-refractivity contribution in [2.24, 2.45) is 0 Å². The second-order valence-electron chi connectivity index (χ2n) is 4.25. The van der Waals surface area contributed by atoms with Gasteiger partial charge in [0.2, 0.25) is 11.8 Å². The first kappa shape index (κ1) is 17.4. The molecule has 0 bridgehead atoms. The minimum absolute atomic E-state index is 0. The Morgan fingerprint density at radius 2 is 2.05 bits per heavy atom. The second kappa shape index (κ2) is 7.97. The van der Waals surface area contributed by atoms with Crippen LogP contribution in [0, 0.1) is 6.92 Å². The van der Waals surface area contributed by atoms with Gasteiger partial charge >= 0.3 is 0 Å². The number of carbonyl (C=O) groups excluding carboxylic acids is 1. The standard InChI is InChI=1S/C13H15ClN4O2.ClH/c1-8-16-13(18-20-8)12(17-11(19)7-15-2)9-3-5-10(14)6-4-9;/h3-6,12,15H,7H2,1-2H3,(H,17,19);1H. The lowest BCUT2D eigenvalue weighted by Crippen LogP contribution is -2.36. The number of nitrogens with zero attached hydrogens (tertiary/aromatic N) is 2. The highest BCUT2D eigenvalue weighted by atomic mass is 35.5. The Morgan fingerprint density at radius 1 is 1.38 bits per heavy atom. The van der Waals surface area contributed by atoms with Crippen molar-refractivity contribution in [1.29, 1.82) is 0 Å². The van der Waals surface area contributed by atoms with Gasteiger partial charge < -0.3 is 15.2 Å². The van der Waals surface area contributed by atoms with E-state index in [0.717, 1.165) is 5.56 Å². The van der Waals surface area contributed by atoms with Crippen molar-refractivity contribution in [2.75, 3.05) is 13.6 Å². The summed E-state index contributed by atoms with van der Waals surface area (Å²) in [6.45, 7) is 1.91. The molecular weight excluding hydrogens is 315 g/mol. The number of amides is 1. The van der Waals surface area contributed by atoms with Crippen LogP contribution in [0.25, 0.3) is 0 Å². The first-order valence-electron chi connectivity index (χ1n) is 6.10. The number of likely N-dealkylation sites (N-methyl/N-ethyl adjacent to an activating group) is 1. The Hall–Kier alpha value is -1.63. The zero-order valence-electron chi connectivity index (χ0n) is 11.6. The zero-order valence-corrected chi connectivity index (χ0v) is 13.2. The topological polar surface area (TPSA) is 80.0 Å². The van der Waals surface area contributed by atoms with Crippen molar-refractivity contribution in [1.82, 2.24) is 20.8 Å². The smallest absolute Gasteiger partial charge is 0.234 e. The molecule has 1 heterocycles. The highest BCUT2D eigenvalue weighted by molar-refractivity contribution is 6.30. The molecule has 2 rings (SSSR count). The molecule has 0 aliphatic carbocycles. The molecule has 2 aromatic rings. The van der Waals surface area contributed by atoms with Crippen LogP contribution in [0.2, 0.25) is 5.02 Å². The molecule has 0 saturated carbocycles. The second-order valence-corrected chi connectivity index (χ2v) is 4.69. The van der Waals surface area contributed by atoms with Crippen molar-refractivity contribution >= 4 is 29.9 Å². The molecule has 1 unspecified atom stereocenters. The molecule has 0 saturated heterocycles. The van der Waals surface area contributed by atoms with Gasteiger partial charge in [-0.2, -0.15) is 4.98 Å². The quantitative estimate of drug-likeness (QED) is 0.874. The monoisotopic (exact) mass is 330 g/mol. The normalized spacial score (nSPS) is 11.6.